The van der Waals surface area contributed by atoms with Crippen molar-refractivity contribution in [3.63, 3.8) is 0 Å². The van der Waals surface area contributed by atoms with Crippen LogP contribution in [0, 0.1) is 5.21 Å². The molecule has 2 aromatic rings. The largest absolute Gasteiger partial charge is 0.634 e. The quantitative estimate of drug-likeness (QED) is 0.678. The van der Waals surface area contributed by atoms with Crippen molar-refractivity contribution in [2.75, 3.05) is 26.3 Å². The van der Waals surface area contributed by atoms with Gasteiger partial charge in [0.25, 0.3) is 0 Å². The summed E-state index contributed by atoms with van der Waals surface area (Å²) in [5.74, 6) is 0. The third-order valence-electron chi connectivity index (χ3n) is 2.56. The van der Waals surface area contributed by atoms with Crippen LogP contribution in [0.3, 0.4) is 0 Å². The highest BCUT2D eigenvalue weighted by atomic mass is 16.5. The average molecular weight is 232 g/mol. The number of pyridine rings is 1. The molecule has 0 spiro atoms. The molecule has 0 unspecified atom stereocenters. The molecule has 1 aliphatic rings. The fourth-order valence-corrected chi connectivity index (χ4v) is 1.62. The van der Waals surface area contributed by atoms with Crippen LogP contribution in [0.5, 0.6) is 0 Å². The molecule has 1 N–H and O–H groups in total. The van der Waals surface area contributed by atoms with Gasteiger partial charge in [-0.15, -0.1) is 0 Å². The molecule has 1 fully saturated rings. The van der Waals surface area contributed by atoms with Crippen LogP contribution in [-0.2, 0) is 4.74 Å². The van der Waals surface area contributed by atoms with E-state index in [4.69, 9.17) is 4.74 Å². The van der Waals surface area contributed by atoms with E-state index in [0.717, 1.165) is 5.52 Å². The molecule has 0 bridgehead atoms. The summed E-state index contributed by atoms with van der Waals surface area (Å²) in [6.45, 7) is 2.53. The summed E-state index contributed by atoms with van der Waals surface area (Å²) >= 11 is 0. The summed E-state index contributed by atoms with van der Waals surface area (Å²) in [5.41, 5.74) is 1.06. The number of nitrogens with zero attached hydrogens (tertiary/aromatic N) is 1. The van der Waals surface area contributed by atoms with Gasteiger partial charge in [0.15, 0.2) is 0 Å². The Morgan fingerprint density at radius 3 is 2.41 bits per heavy atom. The minimum Gasteiger partial charge on any atom is -0.634 e. The molecule has 1 aromatic carbocycles. The van der Waals surface area contributed by atoms with Crippen molar-refractivity contribution >= 4 is 10.9 Å². The maximum atomic E-state index is 10.4. The number of hydrogen-bond acceptors (Lipinski definition) is 3. The SMILES string of the molecule is [O-][NH+]1CCOCC1.c1ccc2ncccc2c1. The smallest absolute Gasteiger partial charge is 0.101 e. The minimum absolute atomic E-state index is 0.339. The molecular formula is C13H16N2O2. The van der Waals surface area contributed by atoms with Crippen molar-refractivity contribution in [3.05, 3.63) is 47.8 Å². The number of rotatable bonds is 0. The van der Waals surface area contributed by atoms with Crippen LogP contribution in [0.1, 0.15) is 0 Å². The molecule has 0 amide bonds. The van der Waals surface area contributed by atoms with Gasteiger partial charge in [-0.05, 0) is 12.1 Å². The molecule has 3 rings (SSSR count). The highest BCUT2D eigenvalue weighted by Crippen LogP contribution is 2.07. The van der Waals surface area contributed by atoms with Crippen LogP contribution in [0.4, 0.5) is 0 Å². The molecule has 1 aliphatic heterocycles. The summed E-state index contributed by atoms with van der Waals surface area (Å²) < 4.78 is 4.92. The van der Waals surface area contributed by atoms with E-state index in [1.54, 1.807) is 0 Å². The Balaban J connectivity index is 0.000000136. The van der Waals surface area contributed by atoms with E-state index in [2.05, 4.69) is 17.1 Å². The second-order valence-electron chi connectivity index (χ2n) is 3.85. The van der Waals surface area contributed by atoms with E-state index in [0.29, 0.717) is 31.4 Å². The fraction of sp³-hybridized carbons (Fsp3) is 0.308. The predicted molar refractivity (Wildman–Crippen MR) is 66.6 cm³/mol. The number of aromatic nitrogens is 1. The first-order valence-electron chi connectivity index (χ1n) is 5.75. The van der Waals surface area contributed by atoms with Gasteiger partial charge in [0.05, 0.1) is 18.7 Å². The van der Waals surface area contributed by atoms with Crippen molar-refractivity contribution in [1.82, 2.24) is 4.98 Å². The van der Waals surface area contributed by atoms with Gasteiger partial charge in [0.2, 0.25) is 0 Å². The third kappa shape index (κ3) is 3.78. The number of fused-ring (bicyclic) bond motifs is 1. The molecular weight excluding hydrogens is 216 g/mol. The van der Waals surface area contributed by atoms with Gasteiger partial charge >= 0.3 is 0 Å². The Bertz CT molecular complexity index is 390. The van der Waals surface area contributed by atoms with E-state index in [9.17, 15) is 5.21 Å². The number of nitrogens with one attached hydrogen (secondary N) is 1. The molecule has 1 saturated heterocycles. The van der Waals surface area contributed by atoms with Gasteiger partial charge in [-0.1, -0.05) is 24.3 Å². The first-order valence-corrected chi connectivity index (χ1v) is 5.75. The highest BCUT2D eigenvalue weighted by Gasteiger charge is 2.02. The maximum absolute atomic E-state index is 10.4. The molecule has 4 nitrogen and oxygen atoms in total. The van der Waals surface area contributed by atoms with Crippen LogP contribution in [0.15, 0.2) is 42.6 Å². The second kappa shape index (κ2) is 6.30. The van der Waals surface area contributed by atoms with E-state index >= 15 is 0 Å². The summed E-state index contributed by atoms with van der Waals surface area (Å²) in [5, 5.41) is 11.9. The second-order valence-corrected chi connectivity index (χ2v) is 3.85. The summed E-state index contributed by atoms with van der Waals surface area (Å²) in [6.07, 6.45) is 1.81. The van der Waals surface area contributed by atoms with Crippen molar-refractivity contribution in [1.29, 1.82) is 0 Å². The van der Waals surface area contributed by atoms with Gasteiger partial charge in [-0.3, -0.25) is 4.98 Å². The number of benzene rings is 1. The van der Waals surface area contributed by atoms with Crippen molar-refractivity contribution in [3.8, 4) is 0 Å². The van der Waals surface area contributed by atoms with Gasteiger partial charge in [0.1, 0.15) is 13.1 Å². The van der Waals surface area contributed by atoms with E-state index < -0.39 is 0 Å². The number of ether oxygens (including phenoxy) is 1. The van der Waals surface area contributed by atoms with Gasteiger partial charge in [-0.25, -0.2) is 0 Å². The van der Waals surface area contributed by atoms with Crippen LogP contribution < -0.4 is 5.06 Å². The van der Waals surface area contributed by atoms with Crippen LogP contribution in [0.25, 0.3) is 10.9 Å². The molecule has 0 atom stereocenters. The number of para-hydroxylation sites is 1. The molecule has 0 saturated carbocycles. The molecule has 4 heteroatoms. The van der Waals surface area contributed by atoms with E-state index in [-0.39, 0.29) is 0 Å². The van der Waals surface area contributed by atoms with Crippen molar-refractivity contribution < 1.29 is 9.80 Å². The maximum Gasteiger partial charge on any atom is 0.101 e. The lowest BCUT2D eigenvalue weighted by molar-refractivity contribution is -0.857. The Hall–Kier alpha value is -1.49. The number of morpholine rings is 1. The zero-order valence-electron chi connectivity index (χ0n) is 9.63. The molecule has 1 aromatic heterocycles. The zero-order chi connectivity index (χ0) is 11.9. The lowest BCUT2D eigenvalue weighted by Crippen LogP contribution is -3.09. The Morgan fingerprint density at radius 1 is 1.06 bits per heavy atom. The zero-order valence-corrected chi connectivity index (χ0v) is 9.63. The van der Waals surface area contributed by atoms with Gasteiger partial charge in [-0.2, -0.15) is 0 Å². The van der Waals surface area contributed by atoms with Crippen molar-refractivity contribution in [2.45, 2.75) is 0 Å². The topological polar surface area (TPSA) is 49.6 Å². The summed E-state index contributed by atoms with van der Waals surface area (Å²) in [7, 11) is 0. The first-order chi connectivity index (χ1) is 8.36. The fourth-order valence-electron chi connectivity index (χ4n) is 1.62. The lowest BCUT2D eigenvalue weighted by atomic mass is 10.2. The van der Waals surface area contributed by atoms with Gasteiger partial charge in [0, 0.05) is 11.6 Å². The number of quaternary nitrogens is 1. The van der Waals surface area contributed by atoms with Crippen LogP contribution >= 0.6 is 0 Å². The van der Waals surface area contributed by atoms with E-state index in [1.165, 1.54) is 5.39 Å². The lowest BCUT2D eigenvalue weighted by Gasteiger charge is -2.25. The summed E-state index contributed by atoms with van der Waals surface area (Å²) in [4.78, 5) is 4.18. The normalized spacial score (nSPS) is 16.3. The highest BCUT2D eigenvalue weighted by molar-refractivity contribution is 5.77. The van der Waals surface area contributed by atoms with Gasteiger partial charge < -0.3 is 15.0 Å². The number of hydrogen-bond donors (Lipinski definition) is 1. The predicted octanol–water partition coefficient (Wildman–Crippen LogP) is 0.634. The molecule has 90 valence electrons. The Kier molecular flexibility index (Phi) is 4.44. The van der Waals surface area contributed by atoms with Crippen molar-refractivity contribution in [2.24, 2.45) is 0 Å². The monoisotopic (exact) mass is 232 g/mol. The molecule has 17 heavy (non-hydrogen) atoms. The summed E-state index contributed by atoms with van der Waals surface area (Å²) in [6, 6.07) is 12.1. The standard InChI is InChI=1S/C9H7N.C4H9NO2/c1-2-6-9-8(4-1)5-3-7-10-9;6-5-1-3-7-4-2-5/h1-7H;5H,1-4H2. The van der Waals surface area contributed by atoms with E-state index in [1.807, 2.05) is 30.5 Å². The number of hydroxylamine groups is 2. The average Bonchev–Trinajstić information content (AvgIpc) is 2.41. The third-order valence-corrected chi connectivity index (χ3v) is 2.56. The van der Waals surface area contributed by atoms with Crippen LogP contribution in [0.2, 0.25) is 0 Å². The molecule has 2 heterocycles. The molecule has 0 radical (unpaired) electrons. The first kappa shape index (κ1) is 12.0. The Morgan fingerprint density at radius 2 is 1.76 bits per heavy atom. The Labute approximate surface area is 100 Å². The molecule has 0 aliphatic carbocycles. The minimum atomic E-state index is 0.339. The van der Waals surface area contributed by atoms with Crippen LogP contribution in [-0.4, -0.2) is 31.3 Å².